The molecule has 2 aromatic carbocycles. The Morgan fingerprint density at radius 2 is 1.49 bits per heavy atom. The summed E-state index contributed by atoms with van der Waals surface area (Å²) in [5.41, 5.74) is 3.85. The van der Waals surface area contributed by atoms with E-state index in [9.17, 15) is 19.2 Å². The number of hydrogen-bond donors (Lipinski definition) is 6. The molecule has 0 fully saturated rings. The van der Waals surface area contributed by atoms with Gasteiger partial charge >= 0.3 is 6.09 Å². The first kappa shape index (κ1) is 29.2. The fourth-order valence-electron chi connectivity index (χ4n) is 4.02. The molecule has 0 aliphatic rings. The topological polar surface area (TPSA) is 167 Å². The lowest BCUT2D eigenvalue weighted by Crippen LogP contribution is -2.57. The van der Waals surface area contributed by atoms with E-state index in [1.165, 1.54) is 6.92 Å². The number of hydrogen-bond acceptors (Lipinski definition) is 6. The van der Waals surface area contributed by atoms with Crippen molar-refractivity contribution >= 4 is 34.7 Å². The van der Waals surface area contributed by atoms with Crippen molar-refractivity contribution in [3.63, 3.8) is 0 Å². The third-order valence-electron chi connectivity index (χ3n) is 5.92. The van der Waals surface area contributed by atoms with Gasteiger partial charge in [0.05, 0.1) is 0 Å². The Hall–Kier alpha value is -4.38. The van der Waals surface area contributed by atoms with Crippen LogP contribution in [0.2, 0.25) is 0 Å². The number of alkyl carbamates (subject to hydrolysis) is 1. The Kier molecular flexibility index (Phi) is 9.67. The summed E-state index contributed by atoms with van der Waals surface area (Å²) in [6.45, 7) is 6.64. The van der Waals surface area contributed by atoms with E-state index < -0.39 is 47.5 Å². The Balaban J connectivity index is 1.69. The minimum Gasteiger partial charge on any atom is -0.444 e. The maximum atomic E-state index is 13.2. The van der Waals surface area contributed by atoms with Crippen molar-refractivity contribution in [2.24, 2.45) is 5.84 Å². The lowest BCUT2D eigenvalue weighted by atomic mass is 10.0. The number of nitrogens with one attached hydrogen (secondary N) is 5. The van der Waals surface area contributed by atoms with E-state index in [0.717, 1.165) is 22.0 Å². The molecule has 4 amide bonds. The molecule has 0 spiro atoms. The van der Waals surface area contributed by atoms with Crippen LogP contribution in [0, 0.1) is 0 Å². The summed E-state index contributed by atoms with van der Waals surface area (Å²) in [4.78, 5) is 54.3. The SMILES string of the molecule is CC(NC(=O)C(Cc1ccccc1)NC(=O)OC(C)(C)C)C(=O)NC(Cc1c[nH]c2ccccc12)C(=O)NN. The predicted molar refractivity (Wildman–Crippen MR) is 147 cm³/mol. The molecular formula is C28H36N6O5. The molecule has 0 saturated heterocycles. The minimum absolute atomic E-state index is 0.177. The zero-order valence-electron chi connectivity index (χ0n) is 22.5. The van der Waals surface area contributed by atoms with E-state index >= 15 is 0 Å². The molecule has 7 N–H and O–H groups in total. The molecule has 0 aliphatic carbocycles. The molecule has 3 aromatic rings. The van der Waals surface area contributed by atoms with Crippen LogP contribution in [0.25, 0.3) is 10.9 Å². The van der Waals surface area contributed by atoms with Crippen LogP contribution in [0.1, 0.15) is 38.8 Å². The smallest absolute Gasteiger partial charge is 0.408 e. The third kappa shape index (κ3) is 8.57. The number of rotatable bonds is 10. The first-order valence-electron chi connectivity index (χ1n) is 12.7. The number of benzene rings is 2. The lowest BCUT2D eigenvalue weighted by Gasteiger charge is -2.25. The van der Waals surface area contributed by atoms with Crippen LogP contribution in [0.15, 0.2) is 60.8 Å². The molecule has 11 heteroatoms. The van der Waals surface area contributed by atoms with Crippen molar-refractivity contribution in [3.05, 3.63) is 71.9 Å². The van der Waals surface area contributed by atoms with Gasteiger partial charge in [0.15, 0.2) is 0 Å². The van der Waals surface area contributed by atoms with Gasteiger partial charge in [-0.15, -0.1) is 0 Å². The first-order chi connectivity index (χ1) is 18.5. The maximum absolute atomic E-state index is 13.2. The summed E-state index contributed by atoms with van der Waals surface area (Å²) in [6, 6.07) is 13.7. The van der Waals surface area contributed by atoms with Gasteiger partial charge in [-0.1, -0.05) is 48.5 Å². The predicted octanol–water partition coefficient (Wildman–Crippen LogP) is 1.83. The highest BCUT2D eigenvalue weighted by Gasteiger charge is 2.29. The number of amides is 4. The fourth-order valence-corrected chi connectivity index (χ4v) is 4.02. The Morgan fingerprint density at radius 3 is 2.15 bits per heavy atom. The summed E-state index contributed by atoms with van der Waals surface area (Å²) >= 11 is 0. The van der Waals surface area contributed by atoms with Gasteiger partial charge in [-0.3, -0.25) is 19.8 Å². The van der Waals surface area contributed by atoms with Gasteiger partial charge in [0, 0.05) is 29.9 Å². The summed E-state index contributed by atoms with van der Waals surface area (Å²) in [6.07, 6.45) is 1.37. The van der Waals surface area contributed by atoms with E-state index in [2.05, 4.69) is 26.4 Å². The third-order valence-corrected chi connectivity index (χ3v) is 5.92. The highest BCUT2D eigenvalue weighted by atomic mass is 16.6. The molecule has 11 nitrogen and oxygen atoms in total. The van der Waals surface area contributed by atoms with Gasteiger partial charge in [0.2, 0.25) is 11.8 Å². The second kappa shape index (κ2) is 12.9. The van der Waals surface area contributed by atoms with Crippen LogP contribution in [0.4, 0.5) is 4.79 Å². The average Bonchev–Trinajstić information content (AvgIpc) is 3.29. The molecule has 0 radical (unpaired) electrons. The summed E-state index contributed by atoms with van der Waals surface area (Å²) in [7, 11) is 0. The molecule has 1 aromatic heterocycles. The molecule has 3 atom stereocenters. The van der Waals surface area contributed by atoms with Crippen molar-refractivity contribution < 1.29 is 23.9 Å². The van der Waals surface area contributed by atoms with Crippen LogP contribution in [0.3, 0.4) is 0 Å². The van der Waals surface area contributed by atoms with Crippen molar-refractivity contribution in [2.45, 2.75) is 64.3 Å². The average molecular weight is 537 g/mol. The monoisotopic (exact) mass is 536 g/mol. The zero-order chi connectivity index (χ0) is 28.6. The summed E-state index contributed by atoms with van der Waals surface area (Å²) < 4.78 is 5.31. The van der Waals surface area contributed by atoms with E-state index in [4.69, 9.17) is 10.6 Å². The van der Waals surface area contributed by atoms with E-state index in [1.807, 2.05) is 54.6 Å². The molecule has 1 heterocycles. The number of carbonyl (C=O) groups excluding carboxylic acids is 4. The van der Waals surface area contributed by atoms with Crippen molar-refractivity contribution in [2.75, 3.05) is 0 Å². The van der Waals surface area contributed by atoms with E-state index in [0.29, 0.717) is 0 Å². The molecule has 39 heavy (non-hydrogen) atoms. The minimum atomic E-state index is -1.02. The Morgan fingerprint density at radius 1 is 0.846 bits per heavy atom. The number of fused-ring (bicyclic) bond motifs is 1. The van der Waals surface area contributed by atoms with Crippen LogP contribution in [-0.4, -0.2) is 52.5 Å². The van der Waals surface area contributed by atoms with E-state index in [1.54, 1.807) is 27.0 Å². The van der Waals surface area contributed by atoms with Gasteiger partial charge in [-0.2, -0.15) is 0 Å². The second-order valence-electron chi connectivity index (χ2n) is 10.3. The van der Waals surface area contributed by atoms with Crippen LogP contribution < -0.4 is 27.2 Å². The van der Waals surface area contributed by atoms with Gasteiger partial charge < -0.3 is 25.7 Å². The highest BCUT2D eigenvalue weighted by molar-refractivity contribution is 5.94. The zero-order valence-corrected chi connectivity index (χ0v) is 22.5. The van der Waals surface area contributed by atoms with E-state index in [-0.39, 0.29) is 12.8 Å². The second-order valence-corrected chi connectivity index (χ2v) is 10.3. The number of para-hydroxylation sites is 1. The van der Waals surface area contributed by atoms with Gasteiger partial charge in [0.1, 0.15) is 23.7 Å². The quantitative estimate of drug-likeness (QED) is 0.131. The Bertz CT molecular complexity index is 1300. The van der Waals surface area contributed by atoms with Gasteiger partial charge in [-0.05, 0) is 44.9 Å². The van der Waals surface area contributed by atoms with Crippen molar-refractivity contribution in [3.8, 4) is 0 Å². The van der Waals surface area contributed by atoms with Crippen LogP contribution >= 0.6 is 0 Å². The molecule has 208 valence electrons. The maximum Gasteiger partial charge on any atom is 0.408 e. The normalized spacial score (nSPS) is 13.6. The molecule has 0 aliphatic heterocycles. The van der Waals surface area contributed by atoms with Crippen molar-refractivity contribution in [1.82, 2.24) is 26.4 Å². The van der Waals surface area contributed by atoms with Crippen LogP contribution in [0.5, 0.6) is 0 Å². The lowest BCUT2D eigenvalue weighted by molar-refractivity contribution is -0.132. The summed E-state index contributed by atoms with van der Waals surface area (Å²) in [5.74, 6) is 3.62. The highest BCUT2D eigenvalue weighted by Crippen LogP contribution is 2.19. The van der Waals surface area contributed by atoms with Gasteiger partial charge in [0.25, 0.3) is 5.91 Å². The number of hydrazine groups is 1. The van der Waals surface area contributed by atoms with Crippen molar-refractivity contribution in [1.29, 1.82) is 0 Å². The van der Waals surface area contributed by atoms with Gasteiger partial charge in [-0.25, -0.2) is 10.6 Å². The first-order valence-corrected chi connectivity index (χ1v) is 12.7. The summed E-state index contributed by atoms with van der Waals surface area (Å²) in [5, 5.41) is 8.80. The number of aromatic nitrogens is 1. The number of ether oxygens (including phenoxy) is 1. The molecule has 0 bridgehead atoms. The number of carbonyl (C=O) groups is 4. The number of nitrogens with two attached hydrogens (primary N) is 1. The number of H-pyrrole nitrogens is 1. The fraction of sp³-hybridized carbons (Fsp3) is 0.357. The van der Waals surface area contributed by atoms with Crippen LogP contribution in [-0.2, 0) is 32.0 Å². The Labute approximate surface area is 227 Å². The number of aromatic amines is 1. The molecule has 0 saturated carbocycles. The molecular weight excluding hydrogens is 500 g/mol. The molecule has 3 unspecified atom stereocenters. The molecule has 3 rings (SSSR count). The largest absolute Gasteiger partial charge is 0.444 e. The standard InChI is InChI=1S/C28H36N6O5/c1-17(24(35)32-23(26(37)34-29)15-19-16-30-21-13-9-8-12-20(19)21)31-25(36)22(14-18-10-6-5-7-11-18)33-27(38)39-28(2,3)4/h5-13,16-17,22-23,30H,14-15,29H2,1-4H3,(H,31,36)(H,32,35)(H,33,38)(H,34,37).